The minimum atomic E-state index is -3.41. The van der Waals surface area contributed by atoms with Gasteiger partial charge in [0.05, 0.1) is 17.7 Å². The van der Waals surface area contributed by atoms with E-state index < -0.39 is 10.0 Å². The summed E-state index contributed by atoms with van der Waals surface area (Å²) in [4.78, 5) is 12.3. The van der Waals surface area contributed by atoms with Crippen molar-refractivity contribution >= 4 is 26.8 Å². The first kappa shape index (κ1) is 19.7. The first-order chi connectivity index (χ1) is 14.0. The molecular weight excluding hydrogens is 390 g/mol. The molecule has 0 aliphatic carbocycles. The van der Waals surface area contributed by atoms with Crippen molar-refractivity contribution in [1.29, 1.82) is 0 Å². The van der Waals surface area contributed by atoms with Crippen molar-refractivity contribution in [2.24, 2.45) is 0 Å². The fourth-order valence-electron chi connectivity index (χ4n) is 3.71. The van der Waals surface area contributed by atoms with Crippen LogP contribution in [0.5, 0.6) is 0 Å². The maximum atomic E-state index is 12.7. The Balaban J connectivity index is 1.36. The highest BCUT2D eigenvalue weighted by Gasteiger charge is 2.27. The van der Waals surface area contributed by atoms with Crippen molar-refractivity contribution in [3.63, 3.8) is 0 Å². The molecule has 3 heterocycles. The zero-order valence-electron chi connectivity index (χ0n) is 16.2. The third-order valence-electron chi connectivity index (χ3n) is 5.29. The Morgan fingerprint density at radius 1 is 1.14 bits per heavy atom. The van der Waals surface area contributed by atoms with Gasteiger partial charge in [0.1, 0.15) is 5.76 Å². The molecule has 1 aromatic carbocycles. The predicted octanol–water partition coefficient (Wildman–Crippen LogP) is 3.12. The van der Waals surface area contributed by atoms with Crippen molar-refractivity contribution in [2.75, 3.05) is 13.1 Å². The van der Waals surface area contributed by atoms with Gasteiger partial charge in [0.2, 0.25) is 15.9 Å². The Morgan fingerprint density at radius 2 is 1.97 bits per heavy atom. The summed E-state index contributed by atoms with van der Waals surface area (Å²) in [6.07, 6.45) is 6.49. The summed E-state index contributed by atoms with van der Waals surface area (Å²) in [6.45, 7) is 2.29. The molecule has 0 radical (unpaired) electrons. The zero-order valence-corrected chi connectivity index (χ0v) is 17.0. The molecule has 154 valence electrons. The van der Waals surface area contributed by atoms with Crippen molar-refractivity contribution < 1.29 is 17.6 Å². The number of aromatic nitrogens is 1. The minimum absolute atomic E-state index is 0.0168. The standard InChI is InChI=1S/C21H25N3O4S/c25-21(22-16-18-5-4-14-28-18)6-3-10-23-13-9-17-15-19(7-8-20(17)23)29(26,27)24-11-1-2-12-24/h4-5,7-9,13-15H,1-3,6,10-12,16H2,(H,22,25). The van der Waals surface area contributed by atoms with Gasteiger partial charge in [-0.25, -0.2) is 8.42 Å². The molecule has 1 amide bonds. The monoisotopic (exact) mass is 415 g/mol. The van der Waals surface area contributed by atoms with E-state index in [4.69, 9.17) is 4.42 Å². The molecule has 1 aliphatic rings. The molecule has 0 saturated carbocycles. The van der Waals surface area contributed by atoms with Gasteiger partial charge in [-0.2, -0.15) is 4.31 Å². The Bertz CT molecular complexity index is 1080. The van der Waals surface area contributed by atoms with Crippen LogP contribution < -0.4 is 5.32 Å². The molecule has 4 rings (SSSR count). The van der Waals surface area contributed by atoms with Gasteiger partial charge in [0.25, 0.3) is 0 Å². The smallest absolute Gasteiger partial charge is 0.243 e. The normalized spacial score (nSPS) is 15.2. The van der Waals surface area contributed by atoms with E-state index in [2.05, 4.69) is 9.88 Å². The number of furan rings is 1. The number of carbonyl (C=O) groups excluding carboxylic acids is 1. The lowest BCUT2D eigenvalue weighted by Crippen LogP contribution is -2.27. The molecule has 1 N–H and O–H groups in total. The van der Waals surface area contributed by atoms with Crippen LogP contribution in [0.25, 0.3) is 10.9 Å². The summed E-state index contributed by atoms with van der Waals surface area (Å²) in [5.74, 6) is 0.714. The average Bonchev–Trinajstić information content (AvgIpc) is 3.47. The number of hydrogen-bond donors (Lipinski definition) is 1. The van der Waals surface area contributed by atoms with Gasteiger partial charge < -0.3 is 14.3 Å². The van der Waals surface area contributed by atoms with Crippen LogP contribution in [0.15, 0.2) is 58.2 Å². The lowest BCUT2D eigenvalue weighted by atomic mass is 10.2. The molecule has 7 nitrogen and oxygen atoms in total. The summed E-state index contributed by atoms with van der Waals surface area (Å²) in [5.41, 5.74) is 0.973. The van der Waals surface area contributed by atoms with E-state index in [9.17, 15) is 13.2 Å². The van der Waals surface area contributed by atoms with Crippen LogP contribution in [0.1, 0.15) is 31.4 Å². The van der Waals surface area contributed by atoms with E-state index in [0.717, 1.165) is 29.5 Å². The first-order valence-electron chi connectivity index (χ1n) is 9.92. The van der Waals surface area contributed by atoms with Crippen molar-refractivity contribution in [2.45, 2.75) is 43.7 Å². The molecule has 2 aromatic heterocycles. The molecule has 0 atom stereocenters. The lowest BCUT2D eigenvalue weighted by molar-refractivity contribution is -0.121. The van der Waals surface area contributed by atoms with E-state index >= 15 is 0 Å². The molecule has 0 bridgehead atoms. The Labute approximate surface area is 170 Å². The summed E-state index contributed by atoms with van der Waals surface area (Å²) in [6, 6.07) is 10.8. The Kier molecular flexibility index (Phi) is 5.73. The highest BCUT2D eigenvalue weighted by molar-refractivity contribution is 7.89. The molecule has 8 heteroatoms. The van der Waals surface area contributed by atoms with Gasteiger partial charge in [-0.3, -0.25) is 4.79 Å². The van der Waals surface area contributed by atoms with E-state index in [0.29, 0.717) is 43.9 Å². The number of rotatable bonds is 8. The van der Waals surface area contributed by atoms with Crippen LogP contribution in [0.3, 0.4) is 0 Å². The van der Waals surface area contributed by atoms with Gasteiger partial charge in [-0.15, -0.1) is 0 Å². The van der Waals surface area contributed by atoms with Crippen LogP contribution >= 0.6 is 0 Å². The highest BCUT2D eigenvalue weighted by Crippen LogP contribution is 2.25. The van der Waals surface area contributed by atoms with E-state index in [-0.39, 0.29) is 5.91 Å². The second kappa shape index (κ2) is 8.42. The maximum absolute atomic E-state index is 12.7. The predicted molar refractivity (Wildman–Crippen MR) is 110 cm³/mol. The van der Waals surface area contributed by atoms with E-state index in [1.165, 1.54) is 0 Å². The second-order valence-corrected chi connectivity index (χ2v) is 9.24. The molecule has 1 aliphatic heterocycles. The van der Waals surface area contributed by atoms with Gasteiger partial charge in [0.15, 0.2) is 0 Å². The topological polar surface area (TPSA) is 84.5 Å². The van der Waals surface area contributed by atoms with Crippen LogP contribution in [-0.4, -0.2) is 36.3 Å². The van der Waals surface area contributed by atoms with Crippen LogP contribution in [-0.2, 0) is 27.9 Å². The van der Waals surface area contributed by atoms with Gasteiger partial charge >= 0.3 is 0 Å². The largest absolute Gasteiger partial charge is 0.467 e. The fraction of sp³-hybridized carbons (Fsp3) is 0.381. The number of fused-ring (bicyclic) bond motifs is 1. The van der Waals surface area contributed by atoms with Crippen molar-refractivity contribution in [3.05, 3.63) is 54.6 Å². The van der Waals surface area contributed by atoms with Crippen LogP contribution in [0.4, 0.5) is 0 Å². The molecule has 3 aromatic rings. The van der Waals surface area contributed by atoms with E-state index in [1.807, 2.05) is 24.4 Å². The van der Waals surface area contributed by atoms with Crippen LogP contribution in [0.2, 0.25) is 0 Å². The lowest BCUT2D eigenvalue weighted by Gasteiger charge is -2.15. The number of benzene rings is 1. The number of aryl methyl sites for hydroxylation is 1. The van der Waals surface area contributed by atoms with E-state index in [1.54, 1.807) is 28.8 Å². The third-order valence-corrected chi connectivity index (χ3v) is 7.18. The molecular formula is C21H25N3O4S. The first-order valence-corrected chi connectivity index (χ1v) is 11.4. The average molecular weight is 416 g/mol. The highest BCUT2D eigenvalue weighted by atomic mass is 32.2. The summed E-state index contributed by atoms with van der Waals surface area (Å²) < 4.78 is 34.3. The summed E-state index contributed by atoms with van der Waals surface area (Å²) in [7, 11) is -3.41. The number of nitrogens with one attached hydrogen (secondary N) is 1. The number of sulfonamides is 1. The van der Waals surface area contributed by atoms with Gasteiger partial charge in [-0.05, 0) is 55.7 Å². The van der Waals surface area contributed by atoms with Crippen molar-refractivity contribution in [3.8, 4) is 0 Å². The van der Waals surface area contributed by atoms with Gasteiger partial charge in [-0.1, -0.05) is 0 Å². The minimum Gasteiger partial charge on any atom is -0.467 e. The number of amides is 1. The molecule has 0 spiro atoms. The Morgan fingerprint density at radius 3 is 2.72 bits per heavy atom. The SMILES string of the molecule is O=C(CCCn1ccc2cc(S(=O)(=O)N3CCCC3)ccc21)NCc1ccco1. The molecule has 0 unspecified atom stereocenters. The summed E-state index contributed by atoms with van der Waals surface area (Å²) >= 11 is 0. The molecule has 1 saturated heterocycles. The number of nitrogens with zero attached hydrogens (tertiary/aromatic N) is 2. The Hall–Kier alpha value is -2.58. The fourth-order valence-corrected chi connectivity index (χ4v) is 5.26. The molecule has 29 heavy (non-hydrogen) atoms. The quantitative estimate of drug-likeness (QED) is 0.613. The number of hydrogen-bond acceptors (Lipinski definition) is 4. The molecule has 1 fully saturated rings. The van der Waals surface area contributed by atoms with Gasteiger partial charge in [0, 0.05) is 43.2 Å². The zero-order chi connectivity index (χ0) is 20.3. The second-order valence-electron chi connectivity index (χ2n) is 7.30. The third kappa shape index (κ3) is 4.38. The number of carbonyl (C=O) groups is 1. The van der Waals surface area contributed by atoms with Crippen molar-refractivity contribution in [1.82, 2.24) is 14.2 Å². The summed E-state index contributed by atoms with van der Waals surface area (Å²) in [5, 5.41) is 3.74. The van der Waals surface area contributed by atoms with Crippen LogP contribution in [0, 0.1) is 0 Å². The maximum Gasteiger partial charge on any atom is 0.243 e.